The summed E-state index contributed by atoms with van der Waals surface area (Å²) in [4.78, 5) is 4.03. The van der Waals surface area contributed by atoms with Gasteiger partial charge in [0.1, 0.15) is 11.6 Å². The number of nitrogens with two attached hydrogens (primary N) is 1. The number of aliphatic hydroxyl groups excluding tert-OH is 1. The first-order valence-corrected chi connectivity index (χ1v) is 5.79. The predicted octanol–water partition coefficient (Wildman–Crippen LogP) is 2.54. The van der Waals surface area contributed by atoms with Gasteiger partial charge in [0, 0.05) is 6.54 Å². The number of rotatable bonds is 5. The summed E-state index contributed by atoms with van der Waals surface area (Å²) in [6.07, 6.45) is 1.27. The van der Waals surface area contributed by atoms with E-state index in [0.717, 1.165) is 12.8 Å². The number of pyridine rings is 1. The van der Waals surface area contributed by atoms with Crippen molar-refractivity contribution in [2.45, 2.75) is 25.9 Å². The second kappa shape index (κ2) is 6.13. The molecule has 0 fully saturated rings. The van der Waals surface area contributed by atoms with Crippen molar-refractivity contribution >= 4 is 34.8 Å². The standard InChI is InChI=1S/C10H15Cl2N3O/c1-6(16)3-2-4-14-10-8(12)5-7(11)9(13)15-10/h5-6,16H,2-4H2,1H3,(H3,13,14,15). The number of nitrogen functional groups attached to an aromatic ring is 1. The fraction of sp³-hybridized carbons (Fsp3) is 0.500. The van der Waals surface area contributed by atoms with Gasteiger partial charge in [0.05, 0.1) is 16.1 Å². The Morgan fingerprint density at radius 2 is 2.19 bits per heavy atom. The third-order valence-electron chi connectivity index (χ3n) is 2.05. The molecule has 0 bridgehead atoms. The van der Waals surface area contributed by atoms with E-state index in [9.17, 15) is 0 Å². The van der Waals surface area contributed by atoms with Crippen LogP contribution in [0.2, 0.25) is 10.0 Å². The number of halogens is 2. The Balaban J connectivity index is 2.51. The quantitative estimate of drug-likeness (QED) is 0.715. The van der Waals surface area contributed by atoms with E-state index in [2.05, 4.69) is 10.3 Å². The summed E-state index contributed by atoms with van der Waals surface area (Å²) < 4.78 is 0. The lowest BCUT2D eigenvalue weighted by molar-refractivity contribution is 0.183. The van der Waals surface area contributed by atoms with Crippen molar-refractivity contribution in [3.05, 3.63) is 16.1 Å². The van der Waals surface area contributed by atoms with E-state index < -0.39 is 0 Å². The zero-order chi connectivity index (χ0) is 12.1. The molecule has 1 unspecified atom stereocenters. The Bertz CT molecular complexity index is 358. The second-order valence-corrected chi connectivity index (χ2v) is 4.42. The first-order valence-electron chi connectivity index (χ1n) is 5.04. The van der Waals surface area contributed by atoms with Crippen molar-refractivity contribution in [1.82, 2.24) is 4.98 Å². The van der Waals surface area contributed by atoms with Crippen LogP contribution >= 0.6 is 23.2 Å². The molecule has 1 aromatic heterocycles. The molecule has 16 heavy (non-hydrogen) atoms. The Hall–Kier alpha value is -0.710. The lowest BCUT2D eigenvalue weighted by Gasteiger charge is -2.09. The first-order chi connectivity index (χ1) is 7.50. The van der Waals surface area contributed by atoms with Gasteiger partial charge in [-0.3, -0.25) is 0 Å². The molecule has 0 amide bonds. The third-order valence-corrected chi connectivity index (χ3v) is 2.64. The molecule has 0 aromatic carbocycles. The number of aromatic nitrogens is 1. The van der Waals surface area contributed by atoms with Gasteiger partial charge in [-0.05, 0) is 25.8 Å². The van der Waals surface area contributed by atoms with Crippen LogP contribution in [0, 0.1) is 0 Å². The zero-order valence-corrected chi connectivity index (χ0v) is 10.5. The number of hydrogen-bond donors (Lipinski definition) is 3. The van der Waals surface area contributed by atoms with Crippen LogP contribution in [0.15, 0.2) is 6.07 Å². The highest BCUT2D eigenvalue weighted by Gasteiger charge is 2.06. The van der Waals surface area contributed by atoms with Crippen LogP contribution in [-0.4, -0.2) is 22.7 Å². The molecule has 1 heterocycles. The highest BCUT2D eigenvalue weighted by Crippen LogP contribution is 2.27. The summed E-state index contributed by atoms with van der Waals surface area (Å²) in [6.45, 7) is 2.43. The highest BCUT2D eigenvalue weighted by molar-refractivity contribution is 6.37. The largest absolute Gasteiger partial charge is 0.393 e. The molecule has 4 N–H and O–H groups in total. The molecule has 1 atom stereocenters. The summed E-state index contributed by atoms with van der Waals surface area (Å²) >= 11 is 11.7. The van der Waals surface area contributed by atoms with E-state index in [1.54, 1.807) is 13.0 Å². The van der Waals surface area contributed by atoms with E-state index in [-0.39, 0.29) is 11.9 Å². The fourth-order valence-corrected chi connectivity index (χ4v) is 1.63. The van der Waals surface area contributed by atoms with Gasteiger partial charge in [0.15, 0.2) is 0 Å². The monoisotopic (exact) mass is 263 g/mol. The highest BCUT2D eigenvalue weighted by atomic mass is 35.5. The van der Waals surface area contributed by atoms with Gasteiger partial charge in [0.25, 0.3) is 0 Å². The lowest BCUT2D eigenvalue weighted by Crippen LogP contribution is -2.08. The molecule has 4 nitrogen and oxygen atoms in total. The van der Waals surface area contributed by atoms with Crippen LogP contribution in [0.3, 0.4) is 0 Å². The van der Waals surface area contributed by atoms with Crippen LogP contribution in [0.5, 0.6) is 0 Å². The minimum Gasteiger partial charge on any atom is -0.393 e. The summed E-state index contributed by atoms with van der Waals surface area (Å²) in [6, 6.07) is 1.56. The molecule has 90 valence electrons. The average molecular weight is 264 g/mol. The summed E-state index contributed by atoms with van der Waals surface area (Å²) in [5.41, 5.74) is 5.56. The van der Waals surface area contributed by atoms with Crippen LogP contribution in [-0.2, 0) is 0 Å². The molecule has 1 rings (SSSR count). The zero-order valence-electron chi connectivity index (χ0n) is 9.00. The Labute approximate surface area is 105 Å². The van der Waals surface area contributed by atoms with Gasteiger partial charge in [-0.15, -0.1) is 0 Å². The van der Waals surface area contributed by atoms with Crippen molar-refractivity contribution in [2.24, 2.45) is 0 Å². The van der Waals surface area contributed by atoms with Crippen LogP contribution < -0.4 is 11.1 Å². The topological polar surface area (TPSA) is 71.2 Å². The summed E-state index contributed by atoms with van der Waals surface area (Å²) in [7, 11) is 0. The number of hydrogen-bond acceptors (Lipinski definition) is 4. The smallest absolute Gasteiger partial charge is 0.147 e. The number of anilines is 2. The fourth-order valence-electron chi connectivity index (χ4n) is 1.21. The van der Waals surface area contributed by atoms with Gasteiger partial charge in [-0.25, -0.2) is 4.98 Å². The first kappa shape index (κ1) is 13.4. The molecule has 0 spiro atoms. The third kappa shape index (κ3) is 4.04. The molecule has 0 saturated carbocycles. The van der Waals surface area contributed by atoms with Crippen molar-refractivity contribution in [3.8, 4) is 0 Å². The van der Waals surface area contributed by atoms with Gasteiger partial charge >= 0.3 is 0 Å². The lowest BCUT2D eigenvalue weighted by atomic mass is 10.2. The van der Waals surface area contributed by atoms with E-state index in [0.29, 0.717) is 22.4 Å². The molecule has 0 aliphatic rings. The average Bonchev–Trinajstić information content (AvgIpc) is 2.19. The minimum absolute atomic E-state index is 0.254. The predicted molar refractivity (Wildman–Crippen MR) is 68.1 cm³/mol. The Morgan fingerprint density at radius 3 is 2.81 bits per heavy atom. The molecule has 0 aliphatic carbocycles. The molecular weight excluding hydrogens is 249 g/mol. The van der Waals surface area contributed by atoms with Crippen molar-refractivity contribution < 1.29 is 5.11 Å². The number of nitrogens with one attached hydrogen (secondary N) is 1. The maximum atomic E-state index is 9.08. The van der Waals surface area contributed by atoms with Gasteiger partial charge < -0.3 is 16.2 Å². The van der Waals surface area contributed by atoms with Crippen molar-refractivity contribution in [2.75, 3.05) is 17.6 Å². The molecule has 0 saturated heterocycles. The SMILES string of the molecule is CC(O)CCCNc1nc(N)c(Cl)cc1Cl. The molecule has 6 heteroatoms. The van der Waals surface area contributed by atoms with Gasteiger partial charge in [0.2, 0.25) is 0 Å². The maximum Gasteiger partial charge on any atom is 0.147 e. The Kier molecular flexibility index (Phi) is 5.12. The van der Waals surface area contributed by atoms with E-state index in [4.69, 9.17) is 34.0 Å². The normalized spacial score (nSPS) is 12.5. The second-order valence-electron chi connectivity index (χ2n) is 3.60. The molecule has 1 aromatic rings. The van der Waals surface area contributed by atoms with Gasteiger partial charge in [-0.1, -0.05) is 23.2 Å². The minimum atomic E-state index is -0.291. The van der Waals surface area contributed by atoms with Crippen molar-refractivity contribution in [1.29, 1.82) is 0 Å². The van der Waals surface area contributed by atoms with E-state index >= 15 is 0 Å². The summed E-state index contributed by atoms with van der Waals surface area (Å²) in [5.74, 6) is 0.776. The summed E-state index contributed by atoms with van der Waals surface area (Å²) in [5, 5.41) is 12.9. The van der Waals surface area contributed by atoms with Crippen LogP contribution in [0.25, 0.3) is 0 Å². The molecule has 0 aliphatic heterocycles. The van der Waals surface area contributed by atoms with E-state index in [1.165, 1.54) is 0 Å². The van der Waals surface area contributed by atoms with Gasteiger partial charge in [-0.2, -0.15) is 0 Å². The number of aliphatic hydroxyl groups is 1. The van der Waals surface area contributed by atoms with E-state index in [1.807, 2.05) is 0 Å². The number of nitrogens with zero attached hydrogens (tertiary/aromatic N) is 1. The van der Waals surface area contributed by atoms with Crippen molar-refractivity contribution in [3.63, 3.8) is 0 Å². The Morgan fingerprint density at radius 1 is 1.50 bits per heavy atom. The molecule has 0 radical (unpaired) electrons. The van der Waals surface area contributed by atoms with Crippen LogP contribution in [0.4, 0.5) is 11.6 Å². The molecular formula is C10H15Cl2N3O. The van der Waals surface area contributed by atoms with Crippen LogP contribution in [0.1, 0.15) is 19.8 Å². The maximum absolute atomic E-state index is 9.08.